The van der Waals surface area contributed by atoms with Crippen LogP contribution in [0.5, 0.6) is 0 Å². The van der Waals surface area contributed by atoms with Gasteiger partial charge in [-0.05, 0) is 67.4 Å². The molecule has 0 spiro atoms. The van der Waals surface area contributed by atoms with Crippen molar-refractivity contribution < 1.29 is 13.2 Å². The van der Waals surface area contributed by atoms with Crippen LogP contribution < -0.4 is 9.62 Å². The van der Waals surface area contributed by atoms with E-state index < -0.39 is 22.5 Å². The van der Waals surface area contributed by atoms with Crippen LogP contribution in [0.2, 0.25) is 10.0 Å². The molecule has 0 heterocycles. The highest BCUT2D eigenvalue weighted by molar-refractivity contribution is 7.92. The number of para-hydroxylation sites is 1. The average molecular weight is 463 g/mol. The van der Waals surface area contributed by atoms with E-state index in [1.165, 1.54) is 24.3 Å². The standard InChI is InChI=1S/C22H20Cl2N2O3S/c1-15-7-8-18(24)13-20(15)25-22(27)14-26(21-6-4-3-5-16(21)2)30(28,29)19-11-9-17(23)10-12-19/h3-13H,14H2,1-2H3,(H,25,27). The number of sulfonamides is 1. The van der Waals surface area contributed by atoms with E-state index in [9.17, 15) is 13.2 Å². The fourth-order valence-corrected chi connectivity index (χ4v) is 4.71. The first-order chi connectivity index (χ1) is 14.2. The minimum atomic E-state index is -4.01. The van der Waals surface area contributed by atoms with Gasteiger partial charge >= 0.3 is 0 Å². The molecule has 0 aliphatic carbocycles. The summed E-state index contributed by atoms with van der Waals surface area (Å²) in [6, 6.07) is 18.0. The van der Waals surface area contributed by atoms with E-state index in [1.54, 1.807) is 49.4 Å². The zero-order valence-electron chi connectivity index (χ0n) is 16.4. The summed E-state index contributed by atoms with van der Waals surface area (Å²) in [4.78, 5) is 12.9. The summed E-state index contributed by atoms with van der Waals surface area (Å²) >= 11 is 11.9. The van der Waals surface area contributed by atoms with Gasteiger partial charge in [0.2, 0.25) is 5.91 Å². The lowest BCUT2D eigenvalue weighted by Crippen LogP contribution is -2.38. The molecule has 156 valence electrons. The maximum Gasteiger partial charge on any atom is 0.264 e. The Balaban J connectivity index is 1.98. The number of benzene rings is 3. The second-order valence-corrected chi connectivity index (χ2v) is 9.49. The number of amides is 1. The molecule has 0 radical (unpaired) electrons. The number of aryl methyl sites for hydroxylation is 2. The molecule has 3 aromatic carbocycles. The number of hydrogen-bond acceptors (Lipinski definition) is 3. The third-order valence-electron chi connectivity index (χ3n) is 4.55. The third-order valence-corrected chi connectivity index (χ3v) is 6.81. The molecule has 1 N–H and O–H groups in total. The number of carbonyl (C=O) groups is 1. The van der Waals surface area contributed by atoms with Crippen molar-refractivity contribution in [3.05, 3.63) is 87.9 Å². The highest BCUT2D eigenvalue weighted by atomic mass is 35.5. The number of halogens is 2. The van der Waals surface area contributed by atoms with E-state index in [0.29, 0.717) is 21.4 Å². The highest BCUT2D eigenvalue weighted by Crippen LogP contribution is 2.28. The molecule has 0 aromatic heterocycles. The van der Waals surface area contributed by atoms with Crippen molar-refractivity contribution in [1.29, 1.82) is 0 Å². The van der Waals surface area contributed by atoms with Crippen molar-refractivity contribution in [1.82, 2.24) is 0 Å². The van der Waals surface area contributed by atoms with Crippen molar-refractivity contribution >= 4 is 50.5 Å². The first-order valence-electron chi connectivity index (χ1n) is 9.08. The molecule has 3 rings (SSSR count). The maximum atomic E-state index is 13.4. The van der Waals surface area contributed by atoms with Gasteiger partial charge in [0.25, 0.3) is 10.0 Å². The number of nitrogens with one attached hydrogen (secondary N) is 1. The van der Waals surface area contributed by atoms with Gasteiger partial charge in [-0.1, -0.05) is 47.5 Å². The molecule has 8 heteroatoms. The van der Waals surface area contributed by atoms with Crippen molar-refractivity contribution in [2.75, 3.05) is 16.2 Å². The molecule has 0 unspecified atom stereocenters. The fraction of sp³-hybridized carbons (Fsp3) is 0.136. The molecule has 0 atom stereocenters. The van der Waals surface area contributed by atoms with Gasteiger partial charge in [-0.2, -0.15) is 0 Å². The second kappa shape index (κ2) is 9.08. The molecule has 0 bridgehead atoms. The van der Waals surface area contributed by atoms with Crippen molar-refractivity contribution in [3.8, 4) is 0 Å². The molecule has 0 aliphatic heterocycles. The Morgan fingerprint density at radius 1 is 0.900 bits per heavy atom. The molecular formula is C22H20Cl2N2O3S. The van der Waals surface area contributed by atoms with E-state index in [2.05, 4.69) is 5.32 Å². The monoisotopic (exact) mass is 462 g/mol. The van der Waals surface area contributed by atoms with E-state index >= 15 is 0 Å². The highest BCUT2D eigenvalue weighted by Gasteiger charge is 2.28. The summed E-state index contributed by atoms with van der Waals surface area (Å²) in [5.41, 5.74) is 2.49. The van der Waals surface area contributed by atoms with Crippen LogP contribution in [-0.2, 0) is 14.8 Å². The fourth-order valence-electron chi connectivity index (χ4n) is 2.93. The lowest BCUT2D eigenvalue weighted by molar-refractivity contribution is -0.114. The van der Waals surface area contributed by atoms with Gasteiger partial charge in [0.05, 0.1) is 10.6 Å². The average Bonchev–Trinajstić information content (AvgIpc) is 2.70. The van der Waals surface area contributed by atoms with E-state index in [1.807, 2.05) is 6.92 Å². The molecule has 0 fully saturated rings. The maximum absolute atomic E-state index is 13.4. The number of hydrogen-bond donors (Lipinski definition) is 1. The number of rotatable bonds is 6. The van der Waals surface area contributed by atoms with Crippen molar-refractivity contribution in [3.63, 3.8) is 0 Å². The Labute approximate surface area is 186 Å². The van der Waals surface area contributed by atoms with Crippen molar-refractivity contribution in [2.24, 2.45) is 0 Å². The SMILES string of the molecule is Cc1ccc(Cl)cc1NC(=O)CN(c1ccccc1C)S(=O)(=O)c1ccc(Cl)cc1. The zero-order chi connectivity index (χ0) is 21.9. The van der Waals surface area contributed by atoms with Gasteiger partial charge in [0.1, 0.15) is 6.54 Å². The minimum absolute atomic E-state index is 0.0434. The zero-order valence-corrected chi connectivity index (χ0v) is 18.7. The minimum Gasteiger partial charge on any atom is -0.324 e. The lowest BCUT2D eigenvalue weighted by atomic mass is 10.2. The summed E-state index contributed by atoms with van der Waals surface area (Å²) in [5.74, 6) is -0.485. The number of anilines is 2. The van der Waals surface area contributed by atoms with E-state index in [0.717, 1.165) is 15.4 Å². The Morgan fingerprint density at radius 3 is 2.20 bits per heavy atom. The van der Waals surface area contributed by atoms with Crippen LogP contribution in [-0.4, -0.2) is 20.9 Å². The first-order valence-corrected chi connectivity index (χ1v) is 11.3. The van der Waals surface area contributed by atoms with Crippen LogP contribution in [0.1, 0.15) is 11.1 Å². The normalized spacial score (nSPS) is 11.2. The Morgan fingerprint density at radius 2 is 1.53 bits per heavy atom. The summed E-state index contributed by atoms with van der Waals surface area (Å²) in [5, 5.41) is 3.65. The summed E-state index contributed by atoms with van der Waals surface area (Å²) in [6.07, 6.45) is 0. The van der Waals surface area contributed by atoms with Crippen LogP contribution in [0, 0.1) is 13.8 Å². The summed E-state index contributed by atoms with van der Waals surface area (Å²) in [6.45, 7) is 3.22. The quantitative estimate of drug-likeness (QED) is 0.529. The summed E-state index contributed by atoms with van der Waals surface area (Å²) < 4.78 is 27.9. The Kier molecular flexibility index (Phi) is 6.71. The predicted octanol–water partition coefficient (Wildman–Crippen LogP) is 5.44. The number of carbonyl (C=O) groups excluding carboxylic acids is 1. The van der Waals surface area contributed by atoms with Gasteiger partial charge in [0.15, 0.2) is 0 Å². The third kappa shape index (κ3) is 4.95. The van der Waals surface area contributed by atoms with Crippen LogP contribution in [0.4, 0.5) is 11.4 Å². The molecule has 3 aromatic rings. The predicted molar refractivity (Wildman–Crippen MR) is 122 cm³/mol. The van der Waals surface area contributed by atoms with Crippen LogP contribution in [0.15, 0.2) is 71.6 Å². The Bertz CT molecular complexity index is 1180. The lowest BCUT2D eigenvalue weighted by Gasteiger charge is -2.25. The topological polar surface area (TPSA) is 66.5 Å². The van der Waals surface area contributed by atoms with Crippen LogP contribution in [0.25, 0.3) is 0 Å². The largest absolute Gasteiger partial charge is 0.324 e. The Hall–Kier alpha value is -2.54. The molecule has 1 amide bonds. The first kappa shape index (κ1) is 22.2. The van der Waals surface area contributed by atoms with E-state index in [-0.39, 0.29) is 4.90 Å². The van der Waals surface area contributed by atoms with Gasteiger partial charge in [-0.15, -0.1) is 0 Å². The molecule has 5 nitrogen and oxygen atoms in total. The number of nitrogens with zero attached hydrogens (tertiary/aromatic N) is 1. The molecule has 0 saturated heterocycles. The van der Waals surface area contributed by atoms with Gasteiger partial charge in [-0.3, -0.25) is 9.10 Å². The van der Waals surface area contributed by atoms with Gasteiger partial charge < -0.3 is 5.32 Å². The smallest absolute Gasteiger partial charge is 0.264 e. The van der Waals surface area contributed by atoms with E-state index in [4.69, 9.17) is 23.2 Å². The molecule has 0 saturated carbocycles. The van der Waals surface area contributed by atoms with Gasteiger partial charge in [0, 0.05) is 15.7 Å². The molecule has 0 aliphatic rings. The van der Waals surface area contributed by atoms with Crippen LogP contribution in [0.3, 0.4) is 0 Å². The summed E-state index contributed by atoms with van der Waals surface area (Å²) in [7, 11) is -4.01. The van der Waals surface area contributed by atoms with Crippen molar-refractivity contribution in [2.45, 2.75) is 18.7 Å². The second-order valence-electron chi connectivity index (χ2n) is 6.76. The molecule has 30 heavy (non-hydrogen) atoms. The van der Waals surface area contributed by atoms with Crippen LogP contribution >= 0.6 is 23.2 Å². The molecular weight excluding hydrogens is 443 g/mol. The van der Waals surface area contributed by atoms with Gasteiger partial charge in [-0.25, -0.2) is 8.42 Å².